The summed E-state index contributed by atoms with van der Waals surface area (Å²) in [4.78, 5) is 8.92. The Morgan fingerprint density at radius 2 is 1.90 bits per heavy atom. The molecule has 0 amide bonds. The molecule has 2 rings (SSSR count). The molecule has 0 aliphatic heterocycles. The fourth-order valence-corrected chi connectivity index (χ4v) is 2.13. The first-order valence-corrected chi connectivity index (χ1v) is 7.08. The van der Waals surface area contributed by atoms with Crippen LogP contribution in [0.4, 0.5) is 17.3 Å². The number of hydrogen-bond donors (Lipinski definition) is 2. The fourth-order valence-electron chi connectivity index (χ4n) is 2.13. The Bertz CT molecular complexity index is 613. The molecule has 5 nitrogen and oxygen atoms in total. The molecule has 0 fully saturated rings. The van der Waals surface area contributed by atoms with Gasteiger partial charge < -0.3 is 15.4 Å². The molecule has 0 spiro atoms. The topological polar surface area (TPSA) is 59.1 Å². The molecule has 112 valence electrons. The quantitative estimate of drug-likeness (QED) is 0.852. The first-order valence-electron chi connectivity index (χ1n) is 7.08. The molecule has 0 bridgehead atoms. The number of methoxy groups -OCH3 is 1. The second-order valence-corrected chi connectivity index (χ2v) is 4.88. The van der Waals surface area contributed by atoms with Crippen molar-refractivity contribution >= 4 is 17.3 Å². The second kappa shape index (κ2) is 7.04. The lowest BCUT2D eigenvalue weighted by molar-refractivity contribution is 0.185. The standard InChI is InChI=1S/C16H22N4O/c1-5-17-15-11(2)16(19-12(3)18-15)20-14-8-6-7-13(9-14)10-21-4/h6-9H,5,10H2,1-4H3,(H2,17,18,19,20). The van der Waals surface area contributed by atoms with E-state index < -0.39 is 0 Å². The number of ether oxygens (including phenoxy) is 1. The smallest absolute Gasteiger partial charge is 0.139 e. The van der Waals surface area contributed by atoms with E-state index in [-0.39, 0.29) is 0 Å². The van der Waals surface area contributed by atoms with Gasteiger partial charge in [-0.05, 0) is 38.5 Å². The number of nitrogens with zero attached hydrogens (tertiary/aromatic N) is 2. The first kappa shape index (κ1) is 15.3. The van der Waals surface area contributed by atoms with Crippen LogP contribution in [-0.2, 0) is 11.3 Å². The summed E-state index contributed by atoms with van der Waals surface area (Å²) < 4.78 is 5.16. The van der Waals surface area contributed by atoms with Gasteiger partial charge in [0.15, 0.2) is 0 Å². The minimum absolute atomic E-state index is 0.597. The normalized spacial score (nSPS) is 10.5. The molecule has 0 atom stereocenters. The van der Waals surface area contributed by atoms with Crippen LogP contribution in [0.5, 0.6) is 0 Å². The molecule has 0 saturated carbocycles. The van der Waals surface area contributed by atoms with Gasteiger partial charge in [0.1, 0.15) is 17.5 Å². The molecule has 5 heteroatoms. The largest absolute Gasteiger partial charge is 0.380 e. The Hall–Kier alpha value is -2.14. The molecule has 1 heterocycles. The lowest BCUT2D eigenvalue weighted by Gasteiger charge is -2.14. The van der Waals surface area contributed by atoms with Crippen LogP contribution < -0.4 is 10.6 Å². The average Bonchev–Trinajstić information content (AvgIpc) is 2.45. The van der Waals surface area contributed by atoms with E-state index >= 15 is 0 Å². The minimum Gasteiger partial charge on any atom is -0.380 e. The highest BCUT2D eigenvalue weighted by Crippen LogP contribution is 2.24. The maximum atomic E-state index is 5.16. The molecular formula is C16H22N4O. The Balaban J connectivity index is 2.28. The minimum atomic E-state index is 0.597. The lowest BCUT2D eigenvalue weighted by atomic mass is 10.2. The van der Waals surface area contributed by atoms with E-state index in [2.05, 4.69) is 33.6 Å². The number of rotatable bonds is 6. The molecular weight excluding hydrogens is 264 g/mol. The van der Waals surface area contributed by atoms with E-state index in [0.717, 1.165) is 40.8 Å². The van der Waals surface area contributed by atoms with Gasteiger partial charge in [0, 0.05) is 24.9 Å². The molecule has 21 heavy (non-hydrogen) atoms. The van der Waals surface area contributed by atoms with E-state index in [9.17, 15) is 0 Å². The van der Waals surface area contributed by atoms with E-state index in [4.69, 9.17) is 4.74 Å². The summed E-state index contributed by atoms with van der Waals surface area (Å²) in [5, 5.41) is 6.63. The Labute approximate surface area is 125 Å². The van der Waals surface area contributed by atoms with Crippen molar-refractivity contribution in [3.63, 3.8) is 0 Å². The maximum absolute atomic E-state index is 5.16. The number of aryl methyl sites for hydroxylation is 1. The zero-order valence-electron chi connectivity index (χ0n) is 13.0. The van der Waals surface area contributed by atoms with Crippen LogP contribution in [0.15, 0.2) is 24.3 Å². The predicted molar refractivity (Wildman–Crippen MR) is 86.1 cm³/mol. The van der Waals surface area contributed by atoms with Gasteiger partial charge in [-0.2, -0.15) is 0 Å². The molecule has 1 aromatic carbocycles. The van der Waals surface area contributed by atoms with Crippen molar-refractivity contribution in [3.05, 3.63) is 41.2 Å². The molecule has 0 unspecified atom stereocenters. The Morgan fingerprint density at radius 3 is 2.62 bits per heavy atom. The molecule has 0 aliphatic rings. The van der Waals surface area contributed by atoms with Crippen molar-refractivity contribution in [2.75, 3.05) is 24.3 Å². The van der Waals surface area contributed by atoms with E-state index in [1.807, 2.05) is 32.0 Å². The maximum Gasteiger partial charge on any atom is 0.139 e. The third-order valence-electron chi connectivity index (χ3n) is 3.10. The average molecular weight is 286 g/mol. The first-order chi connectivity index (χ1) is 10.1. The second-order valence-electron chi connectivity index (χ2n) is 4.88. The van der Waals surface area contributed by atoms with Crippen LogP contribution in [0.1, 0.15) is 23.9 Å². The van der Waals surface area contributed by atoms with Crippen LogP contribution in [0.25, 0.3) is 0 Å². The van der Waals surface area contributed by atoms with Gasteiger partial charge in [0.05, 0.1) is 6.61 Å². The van der Waals surface area contributed by atoms with Crippen LogP contribution in [0.2, 0.25) is 0 Å². The molecule has 1 aromatic heterocycles. The fraction of sp³-hybridized carbons (Fsp3) is 0.375. The summed E-state index contributed by atoms with van der Waals surface area (Å²) in [6.45, 7) is 7.39. The highest BCUT2D eigenvalue weighted by Gasteiger charge is 2.09. The summed E-state index contributed by atoms with van der Waals surface area (Å²) in [5.41, 5.74) is 3.13. The molecule has 0 saturated heterocycles. The zero-order chi connectivity index (χ0) is 15.2. The predicted octanol–water partition coefficient (Wildman–Crippen LogP) is 3.42. The molecule has 2 N–H and O–H groups in total. The Morgan fingerprint density at radius 1 is 1.14 bits per heavy atom. The number of benzene rings is 1. The number of hydrogen-bond acceptors (Lipinski definition) is 5. The van der Waals surface area contributed by atoms with Crippen molar-refractivity contribution in [1.82, 2.24) is 9.97 Å². The summed E-state index contributed by atoms with van der Waals surface area (Å²) in [7, 11) is 1.70. The van der Waals surface area contributed by atoms with Gasteiger partial charge in [-0.1, -0.05) is 12.1 Å². The monoisotopic (exact) mass is 286 g/mol. The number of nitrogens with one attached hydrogen (secondary N) is 2. The van der Waals surface area contributed by atoms with Gasteiger partial charge >= 0.3 is 0 Å². The van der Waals surface area contributed by atoms with Crippen LogP contribution >= 0.6 is 0 Å². The SMILES string of the molecule is CCNc1nc(C)nc(Nc2cccc(COC)c2)c1C. The number of aromatic nitrogens is 2. The summed E-state index contributed by atoms with van der Waals surface area (Å²) in [6, 6.07) is 8.12. The van der Waals surface area contributed by atoms with Crippen molar-refractivity contribution in [2.24, 2.45) is 0 Å². The van der Waals surface area contributed by atoms with E-state index in [1.54, 1.807) is 7.11 Å². The highest BCUT2D eigenvalue weighted by atomic mass is 16.5. The summed E-state index contributed by atoms with van der Waals surface area (Å²) in [6.07, 6.45) is 0. The molecule has 0 radical (unpaired) electrons. The van der Waals surface area contributed by atoms with Gasteiger partial charge in [-0.25, -0.2) is 9.97 Å². The summed E-state index contributed by atoms with van der Waals surface area (Å²) in [5.74, 6) is 2.45. The van der Waals surface area contributed by atoms with Gasteiger partial charge in [0.2, 0.25) is 0 Å². The Kier molecular flexibility index (Phi) is 5.11. The van der Waals surface area contributed by atoms with Crippen molar-refractivity contribution < 1.29 is 4.74 Å². The van der Waals surface area contributed by atoms with Crippen molar-refractivity contribution in [1.29, 1.82) is 0 Å². The number of anilines is 3. The van der Waals surface area contributed by atoms with Crippen molar-refractivity contribution in [2.45, 2.75) is 27.4 Å². The van der Waals surface area contributed by atoms with Crippen LogP contribution in [0, 0.1) is 13.8 Å². The van der Waals surface area contributed by atoms with E-state index in [0.29, 0.717) is 6.61 Å². The van der Waals surface area contributed by atoms with Gasteiger partial charge in [-0.3, -0.25) is 0 Å². The van der Waals surface area contributed by atoms with E-state index in [1.165, 1.54) is 0 Å². The third kappa shape index (κ3) is 3.92. The lowest BCUT2D eigenvalue weighted by Crippen LogP contribution is -2.07. The molecule has 2 aromatic rings. The van der Waals surface area contributed by atoms with Crippen LogP contribution in [0.3, 0.4) is 0 Å². The van der Waals surface area contributed by atoms with Crippen LogP contribution in [-0.4, -0.2) is 23.6 Å². The third-order valence-corrected chi connectivity index (χ3v) is 3.10. The summed E-state index contributed by atoms with van der Waals surface area (Å²) >= 11 is 0. The van der Waals surface area contributed by atoms with Gasteiger partial charge in [-0.15, -0.1) is 0 Å². The zero-order valence-corrected chi connectivity index (χ0v) is 13.0. The van der Waals surface area contributed by atoms with Gasteiger partial charge in [0.25, 0.3) is 0 Å². The van der Waals surface area contributed by atoms with Crippen molar-refractivity contribution in [3.8, 4) is 0 Å². The molecule has 0 aliphatic carbocycles. The highest BCUT2D eigenvalue weighted by molar-refractivity contribution is 5.65.